The average Bonchev–Trinajstić information content (AvgIpc) is 2.40. The van der Waals surface area contributed by atoms with Gasteiger partial charge in [-0.1, -0.05) is 6.07 Å². The van der Waals surface area contributed by atoms with Crippen LogP contribution in [0.3, 0.4) is 0 Å². The van der Waals surface area contributed by atoms with E-state index < -0.39 is 11.5 Å². The number of amides is 1. The van der Waals surface area contributed by atoms with Crippen molar-refractivity contribution in [1.29, 1.82) is 0 Å². The van der Waals surface area contributed by atoms with Gasteiger partial charge in [-0.05, 0) is 45.5 Å². The zero-order valence-electron chi connectivity index (χ0n) is 12.0. The molecule has 0 aromatic heterocycles. The fourth-order valence-corrected chi connectivity index (χ4v) is 1.39. The topological polar surface area (TPSA) is 67.4 Å². The van der Waals surface area contributed by atoms with Crippen LogP contribution in [0, 0.1) is 6.92 Å². The second-order valence-corrected chi connectivity index (χ2v) is 4.85. The molecule has 1 aromatic rings. The van der Waals surface area contributed by atoms with Gasteiger partial charge in [-0.2, -0.15) is 0 Å². The molecule has 0 bridgehead atoms. The number of rotatable bonds is 4. The van der Waals surface area contributed by atoms with Crippen LogP contribution in [-0.4, -0.2) is 31.6 Å². The summed E-state index contributed by atoms with van der Waals surface area (Å²) < 4.78 is 4.66. The third kappa shape index (κ3) is 3.54. The molecule has 0 atom stereocenters. The quantitative estimate of drug-likeness (QED) is 0.813. The van der Waals surface area contributed by atoms with Crippen LogP contribution in [0.1, 0.15) is 29.8 Å². The van der Waals surface area contributed by atoms with E-state index in [0.29, 0.717) is 11.3 Å². The van der Waals surface area contributed by atoms with Crippen molar-refractivity contribution in [2.24, 2.45) is 0 Å². The number of ether oxygens (including phenoxy) is 1. The van der Waals surface area contributed by atoms with Gasteiger partial charge in [-0.3, -0.25) is 4.79 Å². The SMILES string of the molecule is CNC(C)(C)C(=O)Nc1cc(C(=O)OC)ccc1C. The van der Waals surface area contributed by atoms with Crippen LogP contribution in [0.25, 0.3) is 0 Å². The van der Waals surface area contributed by atoms with Gasteiger partial charge in [-0.15, -0.1) is 0 Å². The van der Waals surface area contributed by atoms with Crippen LogP contribution in [-0.2, 0) is 9.53 Å². The Bertz CT molecular complexity index is 495. The minimum absolute atomic E-state index is 0.167. The highest BCUT2D eigenvalue weighted by molar-refractivity contribution is 5.99. The van der Waals surface area contributed by atoms with Crippen LogP contribution in [0.5, 0.6) is 0 Å². The minimum atomic E-state index is -0.687. The predicted molar refractivity (Wildman–Crippen MR) is 74.3 cm³/mol. The van der Waals surface area contributed by atoms with Gasteiger partial charge in [0.2, 0.25) is 5.91 Å². The third-order valence-electron chi connectivity index (χ3n) is 3.10. The molecular formula is C14H20N2O3. The van der Waals surface area contributed by atoms with Crippen molar-refractivity contribution in [2.75, 3.05) is 19.5 Å². The molecule has 0 radical (unpaired) electrons. The number of methoxy groups -OCH3 is 1. The first-order valence-electron chi connectivity index (χ1n) is 6.01. The van der Waals surface area contributed by atoms with Gasteiger partial charge in [-0.25, -0.2) is 4.79 Å². The van der Waals surface area contributed by atoms with E-state index in [2.05, 4.69) is 15.4 Å². The van der Waals surface area contributed by atoms with E-state index in [4.69, 9.17) is 0 Å². The van der Waals surface area contributed by atoms with Crippen molar-refractivity contribution in [1.82, 2.24) is 5.32 Å². The van der Waals surface area contributed by atoms with Crippen LogP contribution < -0.4 is 10.6 Å². The first-order valence-corrected chi connectivity index (χ1v) is 6.01. The van der Waals surface area contributed by atoms with Crippen molar-refractivity contribution in [3.63, 3.8) is 0 Å². The molecule has 5 nitrogen and oxygen atoms in total. The third-order valence-corrected chi connectivity index (χ3v) is 3.10. The summed E-state index contributed by atoms with van der Waals surface area (Å²) in [6.07, 6.45) is 0. The summed E-state index contributed by atoms with van der Waals surface area (Å²) in [5, 5.41) is 5.74. The molecule has 2 N–H and O–H groups in total. The fraction of sp³-hybridized carbons (Fsp3) is 0.429. The lowest BCUT2D eigenvalue weighted by Crippen LogP contribution is -2.48. The van der Waals surface area contributed by atoms with Crippen LogP contribution in [0.4, 0.5) is 5.69 Å². The summed E-state index contributed by atoms with van der Waals surface area (Å²) in [4.78, 5) is 23.5. The maximum Gasteiger partial charge on any atom is 0.337 e. The summed E-state index contributed by atoms with van der Waals surface area (Å²) in [7, 11) is 3.04. The highest BCUT2D eigenvalue weighted by Crippen LogP contribution is 2.19. The average molecular weight is 264 g/mol. The summed E-state index contributed by atoms with van der Waals surface area (Å²) in [6, 6.07) is 5.05. The fourth-order valence-electron chi connectivity index (χ4n) is 1.39. The first kappa shape index (κ1) is 15.2. The summed E-state index contributed by atoms with van der Waals surface area (Å²) in [5.41, 5.74) is 1.21. The van der Waals surface area contributed by atoms with E-state index in [9.17, 15) is 9.59 Å². The normalized spacial score (nSPS) is 11.0. The van der Waals surface area contributed by atoms with Crippen molar-refractivity contribution < 1.29 is 14.3 Å². The Labute approximate surface area is 113 Å². The van der Waals surface area contributed by atoms with Crippen molar-refractivity contribution in [3.8, 4) is 0 Å². The molecule has 0 saturated carbocycles. The number of carbonyl (C=O) groups excluding carboxylic acids is 2. The molecule has 1 aromatic carbocycles. The molecule has 104 valence electrons. The zero-order chi connectivity index (χ0) is 14.6. The molecule has 0 aliphatic carbocycles. The van der Waals surface area contributed by atoms with Gasteiger partial charge in [0.1, 0.15) is 0 Å². The molecule has 0 aliphatic rings. The maximum absolute atomic E-state index is 12.1. The Hall–Kier alpha value is -1.88. The van der Waals surface area contributed by atoms with Crippen LogP contribution in [0.2, 0.25) is 0 Å². The Morgan fingerprint density at radius 1 is 1.26 bits per heavy atom. The van der Waals surface area contributed by atoms with E-state index in [1.807, 2.05) is 6.92 Å². The standard InChI is InChI=1S/C14H20N2O3/c1-9-6-7-10(12(17)19-5)8-11(9)16-13(18)14(2,3)15-4/h6-8,15H,1-5H3,(H,16,18). The first-order chi connectivity index (χ1) is 8.81. The Kier molecular flexibility index (Phi) is 4.67. The number of carbonyl (C=O) groups is 2. The largest absolute Gasteiger partial charge is 0.465 e. The van der Waals surface area contributed by atoms with Crippen LogP contribution in [0.15, 0.2) is 18.2 Å². The zero-order valence-corrected chi connectivity index (χ0v) is 12.0. The molecule has 0 fully saturated rings. The molecule has 1 amide bonds. The molecule has 0 saturated heterocycles. The monoisotopic (exact) mass is 264 g/mol. The Morgan fingerprint density at radius 3 is 2.42 bits per heavy atom. The molecule has 0 aliphatic heterocycles. The second-order valence-electron chi connectivity index (χ2n) is 4.85. The summed E-state index contributed by atoms with van der Waals surface area (Å²) in [5.74, 6) is -0.594. The smallest absolute Gasteiger partial charge is 0.337 e. The highest BCUT2D eigenvalue weighted by atomic mass is 16.5. The summed E-state index contributed by atoms with van der Waals surface area (Å²) >= 11 is 0. The second kappa shape index (κ2) is 5.84. The molecule has 0 spiro atoms. The lowest BCUT2D eigenvalue weighted by atomic mass is 10.0. The van der Waals surface area contributed by atoms with E-state index in [0.717, 1.165) is 5.56 Å². The van der Waals surface area contributed by atoms with Crippen LogP contribution >= 0.6 is 0 Å². The molecular weight excluding hydrogens is 244 g/mol. The molecule has 0 heterocycles. The number of hydrogen-bond acceptors (Lipinski definition) is 4. The van der Waals surface area contributed by atoms with E-state index in [-0.39, 0.29) is 5.91 Å². The molecule has 5 heteroatoms. The number of esters is 1. The van der Waals surface area contributed by atoms with Crippen molar-refractivity contribution in [3.05, 3.63) is 29.3 Å². The number of benzene rings is 1. The lowest BCUT2D eigenvalue weighted by molar-refractivity contribution is -0.121. The predicted octanol–water partition coefficient (Wildman–Crippen LogP) is 1.72. The molecule has 1 rings (SSSR count). The Morgan fingerprint density at radius 2 is 1.89 bits per heavy atom. The maximum atomic E-state index is 12.1. The Balaban J connectivity index is 3.01. The summed E-state index contributed by atoms with van der Waals surface area (Å²) in [6.45, 7) is 5.42. The number of likely N-dealkylation sites (N-methyl/N-ethyl adjacent to an activating group) is 1. The molecule has 19 heavy (non-hydrogen) atoms. The van der Waals surface area contributed by atoms with Gasteiger partial charge >= 0.3 is 5.97 Å². The van der Waals surface area contributed by atoms with Gasteiger partial charge in [0.15, 0.2) is 0 Å². The number of hydrogen-bond donors (Lipinski definition) is 2. The highest BCUT2D eigenvalue weighted by Gasteiger charge is 2.25. The van der Waals surface area contributed by atoms with Crippen molar-refractivity contribution in [2.45, 2.75) is 26.3 Å². The van der Waals surface area contributed by atoms with Gasteiger partial charge in [0.25, 0.3) is 0 Å². The van der Waals surface area contributed by atoms with E-state index in [1.54, 1.807) is 39.1 Å². The van der Waals surface area contributed by atoms with Gasteiger partial charge in [0, 0.05) is 5.69 Å². The molecule has 0 unspecified atom stereocenters. The van der Waals surface area contributed by atoms with E-state index >= 15 is 0 Å². The van der Waals surface area contributed by atoms with E-state index in [1.165, 1.54) is 7.11 Å². The lowest BCUT2D eigenvalue weighted by Gasteiger charge is -2.23. The number of aryl methyl sites for hydroxylation is 1. The van der Waals surface area contributed by atoms with Gasteiger partial charge < -0.3 is 15.4 Å². The minimum Gasteiger partial charge on any atom is -0.465 e. The number of nitrogens with one attached hydrogen (secondary N) is 2. The number of anilines is 1. The van der Waals surface area contributed by atoms with Crippen molar-refractivity contribution >= 4 is 17.6 Å². The van der Waals surface area contributed by atoms with Gasteiger partial charge in [0.05, 0.1) is 18.2 Å².